The molecule has 1 heterocycles. The van der Waals surface area contributed by atoms with Crippen LogP contribution in [0.2, 0.25) is 0 Å². The van der Waals surface area contributed by atoms with Crippen molar-refractivity contribution in [1.82, 2.24) is 5.32 Å². The lowest BCUT2D eigenvalue weighted by Gasteiger charge is -2.02. The third-order valence-electron chi connectivity index (χ3n) is 1.43. The van der Waals surface area contributed by atoms with Crippen molar-refractivity contribution in [3.63, 3.8) is 0 Å². The van der Waals surface area contributed by atoms with Crippen molar-refractivity contribution < 1.29 is 4.79 Å². The number of amides is 1. The molecule has 1 N–H and O–H groups in total. The second-order valence-corrected chi connectivity index (χ2v) is 2.05. The Bertz CT molecular complexity index is 101. The zero-order chi connectivity index (χ0) is 5.98. The Morgan fingerprint density at radius 1 is 1.88 bits per heavy atom. The Hall–Kier alpha value is -0.530. The molecule has 0 bridgehead atoms. The van der Waals surface area contributed by atoms with Crippen LogP contribution in [-0.4, -0.2) is 11.9 Å². The molecule has 1 amide bonds. The van der Waals surface area contributed by atoms with Gasteiger partial charge in [-0.2, -0.15) is 0 Å². The average molecular weight is 112 g/mol. The van der Waals surface area contributed by atoms with Crippen LogP contribution in [0.1, 0.15) is 19.8 Å². The van der Waals surface area contributed by atoms with Gasteiger partial charge < -0.3 is 5.32 Å². The Morgan fingerprint density at radius 3 is 2.88 bits per heavy atom. The quantitative estimate of drug-likeness (QED) is 0.525. The smallest absolute Gasteiger partial charge is 0.220 e. The van der Waals surface area contributed by atoms with Crippen LogP contribution in [0.3, 0.4) is 0 Å². The first-order chi connectivity index (χ1) is 3.83. The van der Waals surface area contributed by atoms with Gasteiger partial charge in [0.25, 0.3) is 0 Å². The first-order valence-electron chi connectivity index (χ1n) is 2.92. The highest BCUT2D eigenvalue weighted by Crippen LogP contribution is 2.07. The van der Waals surface area contributed by atoms with Gasteiger partial charge in [0.1, 0.15) is 0 Å². The molecule has 1 unspecified atom stereocenters. The lowest BCUT2D eigenvalue weighted by molar-refractivity contribution is -0.119. The standard InChI is InChI=1S/C6H10NO/c1-2-5-3-4-6(8)7-5/h2,5H,3-4H2,1H3,(H,7,8). The fourth-order valence-electron chi connectivity index (χ4n) is 0.888. The fraction of sp³-hybridized carbons (Fsp3) is 0.667. The van der Waals surface area contributed by atoms with Crippen LogP contribution in [0.5, 0.6) is 0 Å². The number of carbonyl (C=O) groups excluding carboxylic acids is 1. The summed E-state index contributed by atoms with van der Waals surface area (Å²) >= 11 is 0. The monoisotopic (exact) mass is 112 g/mol. The van der Waals surface area contributed by atoms with E-state index in [2.05, 4.69) is 5.32 Å². The lowest BCUT2D eigenvalue weighted by atomic mass is 10.2. The van der Waals surface area contributed by atoms with Crippen molar-refractivity contribution in [2.24, 2.45) is 0 Å². The highest BCUT2D eigenvalue weighted by atomic mass is 16.1. The summed E-state index contributed by atoms with van der Waals surface area (Å²) in [7, 11) is 0. The zero-order valence-corrected chi connectivity index (χ0v) is 4.98. The number of hydrogen-bond acceptors (Lipinski definition) is 1. The van der Waals surface area contributed by atoms with Crippen molar-refractivity contribution >= 4 is 5.91 Å². The minimum atomic E-state index is 0.188. The topological polar surface area (TPSA) is 29.1 Å². The molecule has 0 aromatic carbocycles. The Balaban J connectivity index is 2.32. The summed E-state index contributed by atoms with van der Waals surface area (Å²) in [5, 5.41) is 2.81. The molecule has 2 heteroatoms. The predicted molar refractivity (Wildman–Crippen MR) is 31.1 cm³/mol. The Labute approximate surface area is 49.3 Å². The molecular weight excluding hydrogens is 102 g/mol. The van der Waals surface area contributed by atoms with Gasteiger partial charge in [0.05, 0.1) is 0 Å². The van der Waals surface area contributed by atoms with E-state index in [0.717, 1.165) is 6.42 Å². The molecular formula is C6H10NO. The highest BCUT2D eigenvalue weighted by molar-refractivity contribution is 5.78. The van der Waals surface area contributed by atoms with Gasteiger partial charge in [-0.05, 0) is 12.8 Å². The van der Waals surface area contributed by atoms with Crippen LogP contribution in [0, 0.1) is 6.42 Å². The van der Waals surface area contributed by atoms with E-state index in [0.29, 0.717) is 12.5 Å². The molecule has 1 rings (SSSR count). The zero-order valence-electron chi connectivity index (χ0n) is 4.98. The minimum Gasteiger partial charge on any atom is -0.353 e. The third-order valence-corrected chi connectivity index (χ3v) is 1.43. The van der Waals surface area contributed by atoms with Crippen LogP contribution < -0.4 is 5.32 Å². The lowest BCUT2D eigenvalue weighted by Crippen LogP contribution is -2.24. The van der Waals surface area contributed by atoms with E-state index in [-0.39, 0.29) is 5.91 Å². The minimum absolute atomic E-state index is 0.188. The maximum atomic E-state index is 10.5. The molecule has 0 aromatic rings. The SMILES string of the molecule is C[CH]C1CCC(=O)N1. The molecule has 1 atom stereocenters. The number of hydrogen-bond donors (Lipinski definition) is 1. The van der Waals surface area contributed by atoms with Crippen LogP contribution >= 0.6 is 0 Å². The summed E-state index contributed by atoms with van der Waals surface area (Å²) < 4.78 is 0. The molecule has 1 fully saturated rings. The van der Waals surface area contributed by atoms with Crippen molar-refractivity contribution in [2.75, 3.05) is 0 Å². The molecule has 2 nitrogen and oxygen atoms in total. The summed E-state index contributed by atoms with van der Waals surface area (Å²) in [5.74, 6) is 0.188. The summed E-state index contributed by atoms with van der Waals surface area (Å²) in [5.41, 5.74) is 0. The average Bonchev–Trinajstić information content (AvgIpc) is 2.14. The van der Waals surface area contributed by atoms with Gasteiger partial charge in [-0.1, -0.05) is 6.92 Å². The molecule has 1 radical (unpaired) electrons. The van der Waals surface area contributed by atoms with Crippen LogP contribution in [0.25, 0.3) is 0 Å². The van der Waals surface area contributed by atoms with Gasteiger partial charge in [-0.25, -0.2) is 0 Å². The summed E-state index contributed by atoms with van der Waals surface area (Å²) in [6.07, 6.45) is 3.70. The maximum absolute atomic E-state index is 10.5. The van der Waals surface area contributed by atoms with Crippen molar-refractivity contribution in [3.05, 3.63) is 6.42 Å². The van der Waals surface area contributed by atoms with Gasteiger partial charge in [0.15, 0.2) is 0 Å². The van der Waals surface area contributed by atoms with Gasteiger partial charge in [0, 0.05) is 12.5 Å². The Kier molecular flexibility index (Phi) is 1.51. The van der Waals surface area contributed by atoms with E-state index in [4.69, 9.17) is 0 Å². The molecule has 0 aliphatic carbocycles. The van der Waals surface area contributed by atoms with Crippen LogP contribution in [0.15, 0.2) is 0 Å². The number of nitrogens with one attached hydrogen (secondary N) is 1. The van der Waals surface area contributed by atoms with Gasteiger partial charge >= 0.3 is 0 Å². The largest absolute Gasteiger partial charge is 0.353 e. The third kappa shape index (κ3) is 0.997. The van der Waals surface area contributed by atoms with Gasteiger partial charge in [-0.15, -0.1) is 0 Å². The van der Waals surface area contributed by atoms with E-state index in [1.807, 2.05) is 13.3 Å². The Morgan fingerprint density at radius 2 is 2.62 bits per heavy atom. The summed E-state index contributed by atoms with van der Waals surface area (Å²) in [6, 6.07) is 0.350. The maximum Gasteiger partial charge on any atom is 0.220 e. The van der Waals surface area contributed by atoms with Crippen LogP contribution in [-0.2, 0) is 4.79 Å². The summed E-state index contributed by atoms with van der Waals surface area (Å²) in [4.78, 5) is 10.5. The predicted octanol–water partition coefficient (Wildman–Crippen LogP) is 0.489. The van der Waals surface area contributed by atoms with Crippen molar-refractivity contribution in [3.8, 4) is 0 Å². The van der Waals surface area contributed by atoms with Gasteiger partial charge in [-0.3, -0.25) is 4.79 Å². The van der Waals surface area contributed by atoms with Crippen molar-refractivity contribution in [1.29, 1.82) is 0 Å². The normalized spacial score (nSPS) is 28.1. The molecule has 0 spiro atoms. The molecule has 45 valence electrons. The van der Waals surface area contributed by atoms with E-state index in [9.17, 15) is 4.79 Å². The molecule has 1 aliphatic heterocycles. The van der Waals surface area contributed by atoms with E-state index >= 15 is 0 Å². The molecule has 8 heavy (non-hydrogen) atoms. The molecule has 1 saturated heterocycles. The van der Waals surface area contributed by atoms with Crippen LogP contribution in [0.4, 0.5) is 0 Å². The van der Waals surface area contributed by atoms with Gasteiger partial charge in [0.2, 0.25) is 5.91 Å². The first kappa shape index (κ1) is 5.60. The highest BCUT2D eigenvalue weighted by Gasteiger charge is 2.17. The number of rotatable bonds is 1. The van der Waals surface area contributed by atoms with E-state index < -0.39 is 0 Å². The second kappa shape index (κ2) is 2.16. The fourth-order valence-corrected chi connectivity index (χ4v) is 0.888. The molecule has 0 aromatic heterocycles. The second-order valence-electron chi connectivity index (χ2n) is 2.05. The number of carbonyl (C=O) groups is 1. The first-order valence-corrected chi connectivity index (χ1v) is 2.92. The van der Waals surface area contributed by atoms with Crippen molar-refractivity contribution in [2.45, 2.75) is 25.8 Å². The molecule has 0 saturated carbocycles. The van der Waals surface area contributed by atoms with E-state index in [1.165, 1.54) is 0 Å². The van der Waals surface area contributed by atoms with E-state index in [1.54, 1.807) is 0 Å². The molecule has 1 aliphatic rings. The summed E-state index contributed by atoms with van der Waals surface area (Å²) in [6.45, 7) is 1.97.